The molecule has 0 N–H and O–H groups in total. The van der Waals surface area contributed by atoms with Crippen molar-refractivity contribution in [3.63, 3.8) is 0 Å². The largest absolute Gasteiger partial charge is 0.294 e. The third-order valence-electron chi connectivity index (χ3n) is 4.98. The molecule has 2 aromatic rings. The maximum Gasteiger partial charge on any atom is 0.176 e. The van der Waals surface area contributed by atoms with Gasteiger partial charge in [0.15, 0.2) is 5.78 Å². The first-order chi connectivity index (χ1) is 11.6. The van der Waals surface area contributed by atoms with E-state index in [2.05, 4.69) is 47.1 Å². The van der Waals surface area contributed by atoms with E-state index in [1.165, 1.54) is 11.1 Å². The van der Waals surface area contributed by atoms with E-state index >= 15 is 0 Å². The van der Waals surface area contributed by atoms with Crippen LogP contribution in [0.15, 0.2) is 54.6 Å². The summed E-state index contributed by atoms with van der Waals surface area (Å²) in [4.78, 5) is 17.2. The van der Waals surface area contributed by atoms with Crippen LogP contribution < -0.4 is 0 Å². The Balaban J connectivity index is 0.00000169. The molecule has 0 amide bonds. The van der Waals surface area contributed by atoms with Crippen LogP contribution in [0, 0.1) is 6.92 Å². The zero-order chi connectivity index (χ0) is 16.9. The Morgan fingerprint density at radius 1 is 0.923 bits per heavy atom. The van der Waals surface area contributed by atoms with Crippen LogP contribution in [0.2, 0.25) is 0 Å². The maximum atomic E-state index is 12.4. The van der Waals surface area contributed by atoms with Gasteiger partial charge in [0, 0.05) is 37.8 Å². The summed E-state index contributed by atoms with van der Waals surface area (Å²) in [7, 11) is 0. The third-order valence-corrected chi connectivity index (χ3v) is 4.98. The molecule has 1 fully saturated rings. The van der Waals surface area contributed by atoms with Gasteiger partial charge in [-0.1, -0.05) is 60.2 Å². The molecule has 0 radical (unpaired) electrons. The van der Waals surface area contributed by atoms with E-state index in [4.69, 9.17) is 0 Å². The van der Waals surface area contributed by atoms with E-state index in [9.17, 15) is 4.79 Å². The highest BCUT2D eigenvalue weighted by Gasteiger charge is 2.23. The number of piperazine rings is 1. The average Bonchev–Trinajstić information content (AvgIpc) is 2.63. The maximum absolute atomic E-state index is 12.4. The van der Waals surface area contributed by atoms with Crippen molar-refractivity contribution >= 4 is 30.6 Å². The molecule has 2 aromatic carbocycles. The predicted molar refractivity (Wildman–Crippen MR) is 113 cm³/mol. The number of halogens is 2. The molecule has 1 aliphatic heterocycles. The molecule has 1 aliphatic rings. The highest BCUT2D eigenvalue weighted by Crippen LogP contribution is 2.21. The van der Waals surface area contributed by atoms with Crippen LogP contribution in [0.3, 0.4) is 0 Å². The number of rotatable bonds is 5. The van der Waals surface area contributed by atoms with Crippen LogP contribution in [0.25, 0.3) is 0 Å². The lowest BCUT2D eigenvalue weighted by Gasteiger charge is -2.38. The van der Waals surface area contributed by atoms with Gasteiger partial charge in [0.1, 0.15) is 0 Å². The number of hydrogen-bond donors (Lipinski definition) is 0. The summed E-state index contributed by atoms with van der Waals surface area (Å²) in [5, 5.41) is 0. The molecular formula is C21H28Cl2N2O. The second-order valence-electron chi connectivity index (χ2n) is 6.69. The zero-order valence-corrected chi connectivity index (χ0v) is 17.1. The van der Waals surface area contributed by atoms with Gasteiger partial charge in [0.25, 0.3) is 0 Å². The van der Waals surface area contributed by atoms with Gasteiger partial charge in [-0.3, -0.25) is 14.6 Å². The molecule has 0 aromatic heterocycles. The van der Waals surface area contributed by atoms with Crippen molar-refractivity contribution in [3.8, 4) is 0 Å². The topological polar surface area (TPSA) is 23.6 Å². The smallest absolute Gasteiger partial charge is 0.176 e. The van der Waals surface area contributed by atoms with Crippen molar-refractivity contribution in [1.29, 1.82) is 0 Å². The first-order valence-corrected chi connectivity index (χ1v) is 8.75. The number of carbonyl (C=O) groups is 1. The summed E-state index contributed by atoms with van der Waals surface area (Å²) in [6.45, 7) is 8.76. The van der Waals surface area contributed by atoms with Crippen LogP contribution in [-0.4, -0.2) is 48.3 Å². The highest BCUT2D eigenvalue weighted by atomic mass is 35.5. The molecule has 0 bridgehead atoms. The first kappa shape index (κ1) is 22.7. The molecule has 0 aliphatic carbocycles. The van der Waals surface area contributed by atoms with Crippen LogP contribution in [-0.2, 0) is 0 Å². The van der Waals surface area contributed by atoms with E-state index < -0.39 is 0 Å². The minimum Gasteiger partial charge on any atom is -0.294 e. The number of carbonyl (C=O) groups excluding carboxylic acids is 1. The fourth-order valence-corrected chi connectivity index (χ4v) is 3.28. The number of ketones is 1. The van der Waals surface area contributed by atoms with Gasteiger partial charge >= 0.3 is 0 Å². The summed E-state index contributed by atoms with van der Waals surface area (Å²) >= 11 is 0. The van der Waals surface area contributed by atoms with Crippen molar-refractivity contribution in [3.05, 3.63) is 71.3 Å². The van der Waals surface area contributed by atoms with Crippen LogP contribution in [0.4, 0.5) is 0 Å². The fourth-order valence-electron chi connectivity index (χ4n) is 3.28. The second-order valence-corrected chi connectivity index (χ2v) is 6.69. The number of Topliss-reactive ketones (excluding diaryl/α,β-unsaturated/α-hetero) is 1. The molecular weight excluding hydrogens is 367 g/mol. The molecule has 0 unspecified atom stereocenters. The molecule has 3 rings (SSSR count). The highest BCUT2D eigenvalue weighted by molar-refractivity contribution is 5.97. The SMILES string of the molecule is Cc1ccc(C(=O)CN2CCN([C@@H](C)c3ccccc3)CC2)cc1.Cl.Cl. The Kier molecular flexibility index (Phi) is 9.31. The molecule has 0 spiro atoms. The van der Waals surface area contributed by atoms with Gasteiger partial charge in [-0.2, -0.15) is 0 Å². The third kappa shape index (κ3) is 5.82. The average molecular weight is 395 g/mol. The van der Waals surface area contributed by atoms with Crippen molar-refractivity contribution in [2.75, 3.05) is 32.7 Å². The molecule has 5 heteroatoms. The minimum atomic E-state index is 0. The molecule has 1 heterocycles. The number of benzene rings is 2. The second kappa shape index (κ2) is 10.7. The molecule has 1 atom stereocenters. The minimum absolute atomic E-state index is 0. The Morgan fingerprint density at radius 2 is 1.50 bits per heavy atom. The summed E-state index contributed by atoms with van der Waals surface area (Å²) < 4.78 is 0. The van der Waals surface area contributed by atoms with E-state index in [0.717, 1.165) is 31.7 Å². The van der Waals surface area contributed by atoms with Crippen molar-refractivity contribution in [1.82, 2.24) is 9.80 Å². The van der Waals surface area contributed by atoms with E-state index in [1.807, 2.05) is 31.2 Å². The standard InChI is InChI=1S/C21H26N2O.2ClH/c1-17-8-10-20(11-9-17)21(24)16-22-12-14-23(15-13-22)18(2)19-6-4-3-5-7-19;;/h3-11,18H,12-16H2,1-2H3;2*1H/t18-;;/m0../s1. The normalized spacial score (nSPS) is 16.2. The predicted octanol–water partition coefficient (Wildman–Crippen LogP) is 4.40. The van der Waals surface area contributed by atoms with E-state index in [0.29, 0.717) is 12.6 Å². The molecule has 142 valence electrons. The van der Waals surface area contributed by atoms with Crippen molar-refractivity contribution in [2.45, 2.75) is 19.9 Å². The quantitative estimate of drug-likeness (QED) is 0.702. The van der Waals surface area contributed by atoms with Gasteiger partial charge in [0.2, 0.25) is 0 Å². The lowest BCUT2D eigenvalue weighted by Crippen LogP contribution is -2.48. The van der Waals surface area contributed by atoms with Gasteiger partial charge < -0.3 is 0 Å². The number of hydrogen-bond acceptors (Lipinski definition) is 3. The summed E-state index contributed by atoms with van der Waals surface area (Å²) in [6, 6.07) is 19.0. The number of aryl methyl sites for hydroxylation is 1. The molecule has 0 saturated carbocycles. The Morgan fingerprint density at radius 3 is 2.08 bits per heavy atom. The van der Waals surface area contributed by atoms with Crippen molar-refractivity contribution in [2.24, 2.45) is 0 Å². The Hall–Kier alpha value is -1.39. The van der Waals surface area contributed by atoms with Gasteiger partial charge in [-0.05, 0) is 19.4 Å². The summed E-state index contributed by atoms with van der Waals surface area (Å²) in [5.41, 5.74) is 3.37. The van der Waals surface area contributed by atoms with Crippen LogP contribution in [0.1, 0.15) is 34.5 Å². The van der Waals surface area contributed by atoms with Gasteiger partial charge in [-0.15, -0.1) is 24.8 Å². The van der Waals surface area contributed by atoms with Crippen molar-refractivity contribution < 1.29 is 4.79 Å². The summed E-state index contributed by atoms with van der Waals surface area (Å²) in [5.74, 6) is 0.222. The number of nitrogens with zero attached hydrogens (tertiary/aromatic N) is 2. The van der Waals surface area contributed by atoms with E-state index in [1.54, 1.807) is 0 Å². The van der Waals surface area contributed by atoms with Gasteiger partial charge in [-0.25, -0.2) is 0 Å². The molecule has 26 heavy (non-hydrogen) atoms. The Labute approximate surface area is 169 Å². The monoisotopic (exact) mass is 394 g/mol. The first-order valence-electron chi connectivity index (χ1n) is 8.75. The molecule has 3 nitrogen and oxygen atoms in total. The van der Waals surface area contributed by atoms with E-state index in [-0.39, 0.29) is 30.6 Å². The van der Waals surface area contributed by atoms with Crippen LogP contribution >= 0.6 is 24.8 Å². The molecule has 1 saturated heterocycles. The fraction of sp³-hybridized carbons (Fsp3) is 0.381. The summed E-state index contributed by atoms with van der Waals surface area (Å²) in [6.07, 6.45) is 0. The Bertz CT molecular complexity index is 668. The lowest BCUT2D eigenvalue weighted by atomic mass is 10.1. The van der Waals surface area contributed by atoms with Crippen LogP contribution in [0.5, 0.6) is 0 Å². The zero-order valence-electron chi connectivity index (χ0n) is 15.4. The van der Waals surface area contributed by atoms with Gasteiger partial charge in [0.05, 0.1) is 6.54 Å². The lowest BCUT2D eigenvalue weighted by molar-refractivity contribution is 0.0788.